The van der Waals surface area contributed by atoms with Crippen LogP contribution in [0.1, 0.15) is 5.56 Å². The average molecular weight is 313 g/mol. The minimum Gasteiger partial charge on any atom is -0.355 e. The Morgan fingerprint density at radius 1 is 0.909 bits per heavy atom. The molecule has 5 heteroatoms. The summed E-state index contributed by atoms with van der Waals surface area (Å²) < 4.78 is 32.9. The van der Waals surface area contributed by atoms with E-state index in [1.165, 1.54) is 6.07 Å². The summed E-state index contributed by atoms with van der Waals surface area (Å²) in [6.07, 6.45) is 0. The molecule has 3 rings (SSSR count). The van der Waals surface area contributed by atoms with Gasteiger partial charge in [0, 0.05) is 16.8 Å². The monoisotopic (exact) mass is 313 g/mol. The number of nitrogens with one attached hydrogen (secondary N) is 1. The Labute approximate surface area is 129 Å². The normalized spacial score (nSPS) is 11.5. The maximum absolute atomic E-state index is 11.7. The molecule has 0 heterocycles. The van der Waals surface area contributed by atoms with E-state index in [9.17, 15) is 13.0 Å². The van der Waals surface area contributed by atoms with Crippen molar-refractivity contribution in [3.05, 3.63) is 66.2 Å². The SMILES string of the molecule is Cc1ccc(Nc2ccccc2)c2c(S(=O)(=O)O)cccc12. The molecule has 3 aromatic rings. The summed E-state index contributed by atoms with van der Waals surface area (Å²) in [7, 11) is -4.30. The fourth-order valence-electron chi connectivity index (χ4n) is 2.52. The molecule has 0 fully saturated rings. The van der Waals surface area contributed by atoms with Gasteiger partial charge in [0.25, 0.3) is 10.1 Å². The highest BCUT2D eigenvalue weighted by molar-refractivity contribution is 7.86. The van der Waals surface area contributed by atoms with Crippen molar-refractivity contribution in [1.82, 2.24) is 0 Å². The predicted molar refractivity (Wildman–Crippen MR) is 88.2 cm³/mol. The van der Waals surface area contributed by atoms with Gasteiger partial charge in [-0.25, -0.2) is 0 Å². The zero-order valence-corrected chi connectivity index (χ0v) is 12.8. The van der Waals surface area contributed by atoms with Crippen molar-refractivity contribution in [2.45, 2.75) is 11.8 Å². The number of hydrogen-bond donors (Lipinski definition) is 2. The van der Waals surface area contributed by atoms with E-state index in [-0.39, 0.29) is 4.90 Å². The van der Waals surface area contributed by atoms with Gasteiger partial charge in [-0.2, -0.15) is 8.42 Å². The summed E-state index contributed by atoms with van der Waals surface area (Å²) in [5.41, 5.74) is 2.43. The Morgan fingerprint density at radius 2 is 1.64 bits per heavy atom. The van der Waals surface area contributed by atoms with E-state index in [2.05, 4.69) is 5.32 Å². The molecule has 0 bridgehead atoms. The average Bonchev–Trinajstić information content (AvgIpc) is 2.50. The van der Waals surface area contributed by atoms with E-state index in [0.29, 0.717) is 11.1 Å². The summed E-state index contributed by atoms with van der Waals surface area (Å²) in [5, 5.41) is 4.49. The van der Waals surface area contributed by atoms with Gasteiger partial charge in [0.2, 0.25) is 0 Å². The summed E-state index contributed by atoms with van der Waals surface area (Å²) in [5.74, 6) is 0. The molecule has 0 aromatic heterocycles. The third-order valence-electron chi connectivity index (χ3n) is 3.55. The Kier molecular flexibility index (Phi) is 3.60. The second-order valence-electron chi connectivity index (χ2n) is 5.07. The molecule has 0 aliphatic carbocycles. The maximum Gasteiger partial charge on any atom is 0.295 e. The molecular weight excluding hydrogens is 298 g/mol. The lowest BCUT2D eigenvalue weighted by atomic mass is 10.0. The van der Waals surface area contributed by atoms with Crippen LogP contribution in [0.15, 0.2) is 65.6 Å². The van der Waals surface area contributed by atoms with Crippen LogP contribution in [0, 0.1) is 6.92 Å². The molecule has 112 valence electrons. The summed E-state index contributed by atoms with van der Waals surface area (Å²) >= 11 is 0. The van der Waals surface area contributed by atoms with Crippen LogP contribution in [0.5, 0.6) is 0 Å². The Bertz CT molecular complexity index is 935. The van der Waals surface area contributed by atoms with Gasteiger partial charge in [0.1, 0.15) is 4.90 Å². The third-order valence-corrected chi connectivity index (χ3v) is 4.45. The quantitative estimate of drug-likeness (QED) is 0.713. The third kappa shape index (κ3) is 2.68. The largest absolute Gasteiger partial charge is 0.355 e. The second-order valence-corrected chi connectivity index (χ2v) is 6.46. The minimum absolute atomic E-state index is 0.0906. The van der Waals surface area contributed by atoms with Crippen molar-refractivity contribution in [3.8, 4) is 0 Å². The predicted octanol–water partition coefficient (Wildman–Crippen LogP) is 4.14. The summed E-state index contributed by atoms with van der Waals surface area (Å²) in [4.78, 5) is -0.0906. The molecule has 0 saturated carbocycles. The van der Waals surface area contributed by atoms with Gasteiger partial charge >= 0.3 is 0 Å². The molecule has 0 radical (unpaired) electrons. The number of rotatable bonds is 3. The van der Waals surface area contributed by atoms with E-state index in [1.807, 2.05) is 55.5 Å². The Hall–Kier alpha value is -2.37. The first-order valence-electron chi connectivity index (χ1n) is 6.79. The summed E-state index contributed by atoms with van der Waals surface area (Å²) in [6.45, 7) is 1.91. The molecule has 0 unspecified atom stereocenters. The number of anilines is 2. The van der Waals surface area contributed by atoms with Crippen molar-refractivity contribution in [2.24, 2.45) is 0 Å². The maximum atomic E-state index is 11.7. The minimum atomic E-state index is -4.30. The Balaban J connectivity index is 2.29. The first-order valence-corrected chi connectivity index (χ1v) is 8.23. The number of aryl methyl sites for hydroxylation is 1. The molecule has 0 saturated heterocycles. The van der Waals surface area contributed by atoms with Gasteiger partial charge in [-0.3, -0.25) is 4.55 Å². The molecule has 4 nitrogen and oxygen atoms in total. The fourth-order valence-corrected chi connectivity index (χ4v) is 3.24. The molecule has 0 amide bonds. The van der Waals surface area contributed by atoms with E-state index >= 15 is 0 Å². The van der Waals surface area contributed by atoms with E-state index in [1.54, 1.807) is 6.07 Å². The van der Waals surface area contributed by atoms with Gasteiger partial charge in [-0.15, -0.1) is 0 Å². The summed E-state index contributed by atoms with van der Waals surface area (Å²) in [6, 6.07) is 18.1. The highest BCUT2D eigenvalue weighted by atomic mass is 32.2. The molecular formula is C17H15NO3S. The number of benzene rings is 3. The first-order chi connectivity index (χ1) is 10.5. The van der Waals surface area contributed by atoms with Crippen LogP contribution in [0.25, 0.3) is 10.8 Å². The van der Waals surface area contributed by atoms with Crippen molar-refractivity contribution in [1.29, 1.82) is 0 Å². The molecule has 3 aromatic carbocycles. The molecule has 0 atom stereocenters. The molecule has 2 N–H and O–H groups in total. The van der Waals surface area contributed by atoms with Crippen molar-refractivity contribution in [3.63, 3.8) is 0 Å². The van der Waals surface area contributed by atoms with Crippen molar-refractivity contribution >= 4 is 32.3 Å². The molecule has 0 spiro atoms. The molecule has 0 aliphatic heterocycles. The lowest BCUT2D eigenvalue weighted by Crippen LogP contribution is -2.02. The first kappa shape index (κ1) is 14.6. The zero-order valence-electron chi connectivity index (χ0n) is 11.9. The van der Waals surface area contributed by atoms with E-state index < -0.39 is 10.1 Å². The van der Waals surface area contributed by atoms with Crippen molar-refractivity contribution < 1.29 is 13.0 Å². The van der Waals surface area contributed by atoms with Gasteiger partial charge in [-0.05, 0) is 42.1 Å². The molecule has 22 heavy (non-hydrogen) atoms. The highest BCUT2D eigenvalue weighted by Gasteiger charge is 2.17. The van der Waals surface area contributed by atoms with Crippen LogP contribution in [-0.2, 0) is 10.1 Å². The zero-order chi connectivity index (χ0) is 15.7. The van der Waals surface area contributed by atoms with Gasteiger partial charge in [-0.1, -0.05) is 36.4 Å². The van der Waals surface area contributed by atoms with Gasteiger partial charge in [0.15, 0.2) is 0 Å². The molecule has 0 aliphatic rings. The van der Waals surface area contributed by atoms with E-state index in [4.69, 9.17) is 0 Å². The second kappa shape index (κ2) is 5.44. The highest BCUT2D eigenvalue weighted by Crippen LogP contribution is 2.33. The Morgan fingerprint density at radius 3 is 2.32 bits per heavy atom. The number of hydrogen-bond acceptors (Lipinski definition) is 3. The van der Waals surface area contributed by atoms with Crippen LogP contribution in [-0.4, -0.2) is 13.0 Å². The van der Waals surface area contributed by atoms with E-state index in [0.717, 1.165) is 16.6 Å². The standard InChI is InChI=1S/C17H15NO3S/c1-12-10-11-15(18-13-6-3-2-4-7-13)17-14(12)8-5-9-16(17)22(19,20)21/h2-11,18H,1H3,(H,19,20,21). The van der Waals surface area contributed by atoms with Gasteiger partial charge in [0.05, 0.1) is 0 Å². The number of fused-ring (bicyclic) bond motifs is 1. The van der Waals surface area contributed by atoms with Crippen molar-refractivity contribution in [2.75, 3.05) is 5.32 Å². The number of para-hydroxylation sites is 1. The van der Waals surface area contributed by atoms with Crippen LogP contribution in [0.3, 0.4) is 0 Å². The lowest BCUT2D eigenvalue weighted by molar-refractivity contribution is 0.484. The fraction of sp³-hybridized carbons (Fsp3) is 0.0588. The van der Waals surface area contributed by atoms with Crippen LogP contribution >= 0.6 is 0 Å². The van der Waals surface area contributed by atoms with Crippen LogP contribution in [0.2, 0.25) is 0 Å². The van der Waals surface area contributed by atoms with Crippen LogP contribution < -0.4 is 5.32 Å². The van der Waals surface area contributed by atoms with Gasteiger partial charge < -0.3 is 5.32 Å². The lowest BCUT2D eigenvalue weighted by Gasteiger charge is -2.14. The topological polar surface area (TPSA) is 66.4 Å². The van der Waals surface area contributed by atoms with Crippen LogP contribution in [0.4, 0.5) is 11.4 Å². The smallest absolute Gasteiger partial charge is 0.295 e.